The molecular formula is C14H17N3O. The number of rotatable bonds is 2. The predicted octanol–water partition coefficient (Wildman–Crippen LogP) is 1.65. The summed E-state index contributed by atoms with van der Waals surface area (Å²) in [5.41, 5.74) is 7.26. The number of nitrogens with zero attached hydrogens (tertiary/aromatic N) is 2. The molecule has 2 unspecified atom stereocenters. The average molecular weight is 243 g/mol. The zero-order valence-corrected chi connectivity index (χ0v) is 10.5. The lowest BCUT2D eigenvalue weighted by Crippen LogP contribution is -2.39. The molecule has 0 aromatic heterocycles. The molecule has 1 amide bonds. The summed E-state index contributed by atoms with van der Waals surface area (Å²) in [6, 6.07) is 9.11. The third-order valence-corrected chi connectivity index (χ3v) is 3.58. The van der Waals surface area contributed by atoms with E-state index >= 15 is 0 Å². The molecule has 0 heterocycles. The van der Waals surface area contributed by atoms with Gasteiger partial charge in [0.15, 0.2) is 0 Å². The van der Waals surface area contributed by atoms with Crippen LogP contribution >= 0.6 is 0 Å². The molecule has 94 valence electrons. The quantitative estimate of drug-likeness (QED) is 0.858. The van der Waals surface area contributed by atoms with Crippen LogP contribution in [0.25, 0.3) is 0 Å². The number of carbonyl (C=O) groups excluding carboxylic acids is 1. The van der Waals surface area contributed by atoms with Crippen LogP contribution in [0.1, 0.15) is 24.8 Å². The van der Waals surface area contributed by atoms with Gasteiger partial charge in [-0.25, -0.2) is 0 Å². The Balaban J connectivity index is 2.17. The summed E-state index contributed by atoms with van der Waals surface area (Å²) in [6.07, 6.45) is 2.80. The van der Waals surface area contributed by atoms with Gasteiger partial charge in [-0.05, 0) is 31.0 Å². The Morgan fingerprint density at radius 3 is 2.89 bits per heavy atom. The van der Waals surface area contributed by atoms with Gasteiger partial charge in [0.25, 0.3) is 0 Å². The van der Waals surface area contributed by atoms with E-state index in [0.717, 1.165) is 24.9 Å². The SMILES string of the molecule is CN(C(=O)C1CCCC1N)c1cccc(C#N)c1. The first-order chi connectivity index (χ1) is 8.63. The molecule has 1 fully saturated rings. The zero-order valence-electron chi connectivity index (χ0n) is 10.5. The summed E-state index contributed by atoms with van der Waals surface area (Å²) in [5.74, 6) is -0.0316. The Labute approximate surface area is 107 Å². The molecule has 2 N–H and O–H groups in total. The fraction of sp³-hybridized carbons (Fsp3) is 0.429. The van der Waals surface area contributed by atoms with Gasteiger partial charge < -0.3 is 10.6 Å². The van der Waals surface area contributed by atoms with E-state index < -0.39 is 0 Å². The van der Waals surface area contributed by atoms with Crippen molar-refractivity contribution in [2.75, 3.05) is 11.9 Å². The average Bonchev–Trinajstić information content (AvgIpc) is 2.83. The van der Waals surface area contributed by atoms with Crippen molar-refractivity contribution >= 4 is 11.6 Å². The lowest BCUT2D eigenvalue weighted by atomic mass is 10.0. The van der Waals surface area contributed by atoms with E-state index in [9.17, 15) is 4.79 Å². The van der Waals surface area contributed by atoms with Crippen LogP contribution in [0.2, 0.25) is 0 Å². The predicted molar refractivity (Wildman–Crippen MR) is 69.9 cm³/mol. The number of benzene rings is 1. The number of amides is 1. The van der Waals surface area contributed by atoms with Crippen LogP contribution in [-0.4, -0.2) is 19.0 Å². The van der Waals surface area contributed by atoms with Gasteiger partial charge in [-0.15, -0.1) is 0 Å². The first-order valence-corrected chi connectivity index (χ1v) is 6.17. The maximum atomic E-state index is 12.3. The smallest absolute Gasteiger partial charge is 0.231 e. The molecule has 1 aliphatic carbocycles. The highest BCUT2D eigenvalue weighted by Gasteiger charge is 2.32. The van der Waals surface area contributed by atoms with Crippen molar-refractivity contribution in [2.24, 2.45) is 11.7 Å². The Morgan fingerprint density at radius 1 is 1.50 bits per heavy atom. The summed E-state index contributed by atoms with van der Waals surface area (Å²) in [7, 11) is 1.74. The highest BCUT2D eigenvalue weighted by atomic mass is 16.2. The number of nitriles is 1. The molecular weight excluding hydrogens is 226 g/mol. The molecule has 0 saturated heterocycles. The van der Waals surface area contributed by atoms with Crippen LogP contribution in [0.4, 0.5) is 5.69 Å². The molecule has 4 heteroatoms. The van der Waals surface area contributed by atoms with E-state index in [1.54, 1.807) is 30.1 Å². The van der Waals surface area contributed by atoms with E-state index in [0.29, 0.717) is 5.56 Å². The molecule has 0 spiro atoms. The van der Waals surface area contributed by atoms with Gasteiger partial charge in [0.2, 0.25) is 5.91 Å². The first kappa shape index (κ1) is 12.6. The van der Waals surface area contributed by atoms with E-state index in [-0.39, 0.29) is 17.9 Å². The molecule has 2 atom stereocenters. The van der Waals surface area contributed by atoms with Gasteiger partial charge in [0.1, 0.15) is 0 Å². The summed E-state index contributed by atoms with van der Waals surface area (Å²) >= 11 is 0. The lowest BCUT2D eigenvalue weighted by Gasteiger charge is -2.23. The molecule has 1 aromatic rings. The van der Waals surface area contributed by atoms with Gasteiger partial charge in [-0.1, -0.05) is 12.5 Å². The maximum absolute atomic E-state index is 12.3. The minimum absolute atomic E-state index is 0.0286. The number of anilines is 1. The number of hydrogen-bond donors (Lipinski definition) is 1. The van der Waals surface area contributed by atoms with Gasteiger partial charge in [-0.3, -0.25) is 4.79 Å². The van der Waals surface area contributed by atoms with Crippen molar-refractivity contribution in [1.82, 2.24) is 0 Å². The molecule has 1 aliphatic rings. The van der Waals surface area contributed by atoms with E-state index in [4.69, 9.17) is 11.0 Å². The third-order valence-electron chi connectivity index (χ3n) is 3.58. The van der Waals surface area contributed by atoms with E-state index in [1.165, 1.54) is 0 Å². The normalized spacial score (nSPS) is 22.5. The zero-order chi connectivity index (χ0) is 13.1. The van der Waals surface area contributed by atoms with Crippen LogP contribution in [0.5, 0.6) is 0 Å². The maximum Gasteiger partial charge on any atom is 0.231 e. The van der Waals surface area contributed by atoms with E-state index in [2.05, 4.69) is 6.07 Å². The second-order valence-electron chi connectivity index (χ2n) is 4.76. The summed E-state index contributed by atoms with van der Waals surface area (Å²) < 4.78 is 0. The lowest BCUT2D eigenvalue weighted by molar-refractivity contribution is -0.122. The first-order valence-electron chi connectivity index (χ1n) is 6.17. The molecule has 0 radical (unpaired) electrons. The fourth-order valence-corrected chi connectivity index (χ4v) is 2.46. The van der Waals surface area contributed by atoms with Crippen LogP contribution in [0, 0.1) is 17.2 Å². The second kappa shape index (κ2) is 5.19. The monoisotopic (exact) mass is 243 g/mol. The van der Waals surface area contributed by atoms with Crippen molar-refractivity contribution in [3.8, 4) is 6.07 Å². The summed E-state index contributed by atoms with van der Waals surface area (Å²) in [6.45, 7) is 0. The van der Waals surface area contributed by atoms with Crippen molar-refractivity contribution in [3.63, 3.8) is 0 Å². The Bertz CT molecular complexity index is 492. The summed E-state index contributed by atoms with van der Waals surface area (Å²) in [5, 5.41) is 8.86. The highest BCUT2D eigenvalue weighted by molar-refractivity contribution is 5.95. The van der Waals surface area contributed by atoms with Crippen molar-refractivity contribution in [3.05, 3.63) is 29.8 Å². The summed E-state index contributed by atoms with van der Waals surface area (Å²) in [4.78, 5) is 13.9. The number of carbonyl (C=O) groups is 1. The van der Waals surface area contributed by atoms with Crippen LogP contribution in [-0.2, 0) is 4.79 Å². The van der Waals surface area contributed by atoms with Crippen LogP contribution in [0.15, 0.2) is 24.3 Å². The van der Waals surface area contributed by atoms with Gasteiger partial charge in [0, 0.05) is 18.8 Å². The van der Waals surface area contributed by atoms with Crippen molar-refractivity contribution < 1.29 is 4.79 Å². The topological polar surface area (TPSA) is 70.1 Å². The Morgan fingerprint density at radius 2 is 2.28 bits per heavy atom. The largest absolute Gasteiger partial charge is 0.327 e. The number of hydrogen-bond acceptors (Lipinski definition) is 3. The molecule has 1 saturated carbocycles. The van der Waals surface area contributed by atoms with Crippen molar-refractivity contribution in [1.29, 1.82) is 5.26 Å². The molecule has 2 rings (SSSR count). The molecule has 18 heavy (non-hydrogen) atoms. The molecule has 4 nitrogen and oxygen atoms in total. The standard InChI is InChI=1S/C14H17N3O/c1-17(11-5-2-4-10(8-11)9-15)14(18)12-6-3-7-13(12)16/h2,4-5,8,12-13H,3,6-7,16H2,1H3. The van der Waals surface area contributed by atoms with Crippen LogP contribution < -0.4 is 10.6 Å². The van der Waals surface area contributed by atoms with Gasteiger partial charge in [-0.2, -0.15) is 5.26 Å². The molecule has 0 aliphatic heterocycles. The minimum atomic E-state index is -0.0826. The highest BCUT2D eigenvalue weighted by Crippen LogP contribution is 2.27. The molecule has 0 bridgehead atoms. The van der Waals surface area contributed by atoms with Gasteiger partial charge >= 0.3 is 0 Å². The van der Waals surface area contributed by atoms with Gasteiger partial charge in [0.05, 0.1) is 17.6 Å². The van der Waals surface area contributed by atoms with Crippen LogP contribution in [0.3, 0.4) is 0 Å². The van der Waals surface area contributed by atoms with Crippen molar-refractivity contribution in [2.45, 2.75) is 25.3 Å². The number of nitrogens with two attached hydrogens (primary N) is 1. The Kier molecular flexibility index (Phi) is 3.63. The fourth-order valence-electron chi connectivity index (χ4n) is 2.46. The third kappa shape index (κ3) is 2.36. The Hall–Kier alpha value is -1.86. The molecule has 1 aromatic carbocycles. The minimum Gasteiger partial charge on any atom is -0.327 e. The second-order valence-corrected chi connectivity index (χ2v) is 4.76. The van der Waals surface area contributed by atoms with E-state index in [1.807, 2.05) is 6.07 Å².